The van der Waals surface area contributed by atoms with Crippen molar-refractivity contribution >= 4 is 11.3 Å². The molecule has 0 aliphatic rings. The molecule has 0 saturated carbocycles. The fraction of sp³-hybridized carbons (Fsp3) is 0.154. The van der Waals surface area contributed by atoms with Gasteiger partial charge in [0.05, 0.1) is 12.2 Å². The third-order valence-electron chi connectivity index (χ3n) is 2.86. The SMILES string of the molecule is CC(Nc1nccn2nccc12)c1cccnc1. The normalized spacial score (nSPS) is 12.5. The van der Waals surface area contributed by atoms with Crippen molar-refractivity contribution < 1.29 is 0 Å². The Morgan fingerprint density at radius 3 is 3.00 bits per heavy atom. The van der Waals surface area contributed by atoms with Gasteiger partial charge in [0.25, 0.3) is 0 Å². The van der Waals surface area contributed by atoms with Gasteiger partial charge in [-0.15, -0.1) is 0 Å². The van der Waals surface area contributed by atoms with Gasteiger partial charge in [0.1, 0.15) is 5.52 Å². The summed E-state index contributed by atoms with van der Waals surface area (Å²) >= 11 is 0. The predicted octanol–water partition coefficient (Wildman–Crippen LogP) is 2.30. The summed E-state index contributed by atoms with van der Waals surface area (Å²) in [6.45, 7) is 2.08. The molecule has 3 rings (SSSR count). The van der Waals surface area contributed by atoms with Gasteiger partial charge in [-0.05, 0) is 24.6 Å². The molecule has 0 bridgehead atoms. The lowest BCUT2D eigenvalue weighted by Gasteiger charge is -2.14. The molecule has 18 heavy (non-hydrogen) atoms. The highest BCUT2D eigenvalue weighted by Gasteiger charge is 2.08. The number of nitrogens with one attached hydrogen (secondary N) is 1. The van der Waals surface area contributed by atoms with E-state index in [0.717, 1.165) is 16.9 Å². The second kappa shape index (κ2) is 4.44. The van der Waals surface area contributed by atoms with E-state index in [0.29, 0.717) is 0 Å². The molecule has 0 amide bonds. The number of rotatable bonds is 3. The lowest BCUT2D eigenvalue weighted by Crippen LogP contribution is -2.09. The highest BCUT2D eigenvalue weighted by atomic mass is 15.2. The summed E-state index contributed by atoms with van der Waals surface area (Å²) in [5, 5.41) is 7.56. The van der Waals surface area contributed by atoms with Gasteiger partial charge >= 0.3 is 0 Å². The Morgan fingerprint density at radius 1 is 1.22 bits per heavy atom. The van der Waals surface area contributed by atoms with Crippen molar-refractivity contribution in [3.8, 4) is 0 Å². The molecule has 0 aliphatic heterocycles. The Balaban J connectivity index is 1.91. The zero-order chi connectivity index (χ0) is 12.4. The van der Waals surface area contributed by atoms with E-state index in [2.05, 4.69) is 27.3 Å². The minimum Gasteiger partial charge on any atom is -0.362 e. The second-order valence-corrected chi connectivity index (χ2v) is 4.09. The maximum atomic E-state index is 4.35. The molecule has 5 nitrogen and oxygen atoms in total. The van der Waals surface area contributed by atoms with Gasteiger partial charge in [0.15, 0.2) is 5.82 Å². The highest BCUT2D eigenvalue weighted by molar-refractivity contribution is 5.67. The van der Waals surface area contributed by atoms with Gasteiger partial charge in [0.2, 0.25) is 0 Å². The first-order valence-corrected chi connectivity index (χ1v) is 5.79. The molecule has 0 radical (unpaired) electrons. The van der Waals surface area contributed by atoms with Crippen LogP contribution in [0.4, 0.5) is 5.82 Å². The minimum atomic E-state index is 0.146. The van der Waals surface area contributed by atoms with Crippen molar-refractivity contribution in [2.45, 2.75) is 13.0 Å². The summed E-state index contributed by atoms with van der Waals surface area (Å²) in [6, 6.07) is 6.06. The van der Waals surface area contributed by atoms with E-state index in [1.54, 1.807) is 23.1 Å². The Morgan fingerprint density at radius 2 is 2.17 bits per heavy atom. The van der Waals surface area contributed by atoms with E-state index >= 15 is 0 Å². The molecule has 0 saturated heterocycles. The molecule has 1 N–H and O–H groups in total. The third-order valence-corrected chi connectivity index (χ3v) is 2.86. The molecule has 0 aromatic carbocycles. The molecule has 3 heterocycles. The molecular formula is C13H13N5. The molecular weight excluding hydrogens is 226 g/mol. The number of pyridine rings is 1. The minimum absolute atomic E-state index is 0.146. The van der Waals surface area contributed by atoms with Crippen molar-refractivity contribution in [2.24, 2.45) is 0 Å². The monoisotopic (exact) mass is 239 g/mol. The summed E-state index contributed by atoms with van der Waals surface area (Å²) in [5.74, 6) is 0.825. The number of hydrogen-bond donors (Lipinski definition) is 1. The third kappa shape index (κ3) is 1.90. The Bertz CT molecular complexity index is 647. The summed E-state index contributed by atoms with van der Waals surface area (Å²) < 4.78 is 1.80. The zero-order valence-electron chi connectivity index (χ0n) is 9.99. The van der Waals surface area contributed by atoms with Gasteiger partial charge in [0, 0.05) is 24.8 Å². The van der Waals surface area contributed by atoms with Gasteiger partial charge in [-0.1, -0.05) is 6.07 Å². The average Bonchev–Trinajstić information content (AvgIpc) is 2.89. The number of anilines is 1. The van der Waals surface area contributed by atoms with Crippen LogP contribution in [0.25, 0.3) is 5.52 Å². The fourth-order valence-electron chi connectivity index (χ4n) is 1.89. The standard InChI is InChI=1S/C13H13N5/c1-10(11-3-2-5-14-9-11)17-13-12-4-6-16-18(12)8-7-15-13/h2-10H,1H3,(H,15,17). The number of nitrogens with zero attached hydrogens (tertiary/aromatic N) is 4. The van der Waals surface area contributed by atoms with Crippen LogP contribution in [0.1, 0.15) is 18.5 Å². The van der Waals surface area contributed by atoms with E-state index in [4.69, 9.17) is 0 Å². The lowest BCUT2D eigenvalue weighted by atomic mass is 10.1. The predicted molar refractivity (Wildman–Crippen MR) is 69.3 cm³/mol. The first-order chi connectivity index (χ1) is 8.84. The van der Waals surface area contributed by atoms with Crippen molar-refractivity contribution in [2.75, 3.05) is 5.32 Å². The molecule has 5 heteroatoms. The lowest BCUT2D eigenvalue weighted by molar-refractivity contribution is 0.859. The van der Waals surface area contributed by atoms with Crippen LogP contribution in [0.15, 0.2) is 49.2 Å². The molecule has 1 atom stereocenters. The van der Waals surface area contributed by atoms with Gasteiger partial charge < -0.3 is 5.32 Å². The maximum absolute atomic E-state index is 4.35. The summed E-state index contributed by atoms with van der Waals surface area (Å²) in [4.78, 5) is 8.47. The summed E-state index contributed by atoms with van der Waals surface area (Å²) in [7, 11) is 0. The Labute approximate surface area is 105 Å². The topological polar surface area (TPSA) is 55.1 Å². The largest absolute Gasteiger partial charge is 0.362 e. The van der Waals surface area contributed by atoms with Crippen LogP contribution in [-0.4, -0.2) is 19.6 Å². The van der Waals surface area contributed by atoms with Gasteiger partial charge in [-0.2, -0.15) is 5.10 Å². The van der Waals surface area contributed by atoms with Crippen molar-refractivity contribution in [3.05, 3.63) is 54.7 Å². The maximum Gasteiger partial charge on any atom is 0.152 e. The van der Waals surface area contributed by atoms with Crippen LogP contribution in [-0.2, 0) is 0 Å². The van der Waals surface area contributed by atoms with Crippen molar-refractivity contribution in [1.82, 2.24) is 19.6 Å². The zero-order valence-corrected chi connectivity index (χ0v) is 9.99. The quantitative estimate of drug-likeness (QED) is 0.762. The fourth-order valence-corrected chi connectivity index (χ4v) is 1.89. The molecule has 0 spiro atoms. The van der Waals surface area contributed by atoms with Gasteiger partial charge in [-0.3, -0.25) is 4.98 Å². The average molecular weight is 239 g/mol. The molecule has 3 aromatic rings. The Hall–Kier alpha value is -2.43. The van der Waals surface area contributed by atoms with E-state index in [9.17, 15) is 0 Å². The van der Waals surface area contributed by atoms with Crippen LogP contribution in [0, 0.1) is 0 Å². The molecule has 90 valence electrons. The van der Waals surface area contributed by atoms with Crippen LogP contribution in [0.5, 0.6) is 0 Å². The van der Waals surface area contributed by atoms with E-state index in [-0.39, 0.29) is 6.04 Å². The summed E-state index contributed by atoms with van der Waals surface area (Å²) in [6.07, 6.45) is 8.95. The van der Waals surface area contributed by atoms with Crippen LogP contribution in [0.2, 0.25) is 0 Å². The van der Waals surface area contributed by atoms with E-state index < -0.39 is 0 Å². The molecule has 1 unspecified atom stereocenters. The van der Waals surface area contributed by atoms with E-state index in [1.807, 2.05) is 30.6 Å². The molecule has 3 aromatic heterocycles. The molecule has 0 fully saturated rings. The van der Waals surface area contributed by atoms with Crippen LogP contribution < -0.4 is 5.32 Å². The summed E-state index contributed by atoms with van der Waals surface area (Å²) in [5.41, 5.74) is 2.09. The van der Waals surface area contributed by atoms with Crippen molar-refractivity contribution in [3.63, 3.8) is 0 Å². The first-order valence-electron chi connectivity index (χ1n) is 5.79. The Kier molecular flexibility index (Phi) is 2.64. The van der Waals surface area contributed by atoms with Gasteiger partial charge in [-0.25, -0.2) is 9.50 Å². The van der Waals surface area contributed by atoms with Crippen LogP contribution >= 0.6 is 0 Å². The second-order valence-electron chi connectivity index (χ2n) is 4.09. The van der Waals surface area contributed by atoms with Crippen molar-refractivity contribution in [1.29, 1.82) is 0 Å². The number of aromatic nitrogens is 4. The smallest absolute Gasteiger partial charge is 0.152 e. The number of fused-ring (bicyclic) bond motifs is 1. The van der Waals surface area contributed by atoms with E-state index in [1.165, 1.54) is 0 Å². The number of hydrogen-bond acceptors (Lipinski definition) is 4. The highest BCUT2D eigenvalue weighted by Crippen LogP contribution is 2.20. The van der Waals surface area contributed by atoms with Crippen LogP contribution in [0.3, 0.4) is 0 Å². The molecule has 0 aliphatic carbocycles. The first kappa shape index (κ1) is 10.7.